The molecule has 0 spiro atoms. The van der Waals surface area contributed by atoms with Crippen molar-refractivity contribution < 1.29 is 0 Å². The first-order valence-corrected chi connectivity index (χ1v) is 6.40. The molecular formula is C14H15Cl2N. The minimum absolute atomic E-state index is 0.687. The lowest BCUT2D eigenvalue weighted by Crippen LogP contribution is -2.05. The van der Waals surface area contributed by atoms with Gasteiger partial charge in [-0.3, -0.25) is 0 Å². The second-order valence-electron chi connectivity index (χ2n) is 4.25. The highest BCUT2D eigenvalue weighted by atomic mass is 35.5. The first-order valence-electron chi connectivity index (χ1n) is 5.64. The maximum atomic E-state index is 6.16. The van der Waals surface area contributed by atoms with Crippen molar-refractivity contribution in [3.8, 4) is 0 Å². The molecule has 0 radical (unpaired) electrons. The van der Waals surface area contributed by atoms with E-state index >= 15 is 0 Å². The largest absolute Gasteiger partial charge is 0.349 e. The monoisotopic (exact) mass is 267 g/mol. The molecule has 0 aliphatic carbocycles. The number of nitrogens with zero attached hydrogens (tertiary/aromatic N) is 1. The van der Waals surface area contributed by atoms with Crippen LogP contribution in [0.3, 0.4) is 0 Å². The molecule has 1 heterocycles. The zero-order chi connectivity index (χ0) is 12.4. The second-order valence-corrected chi connectivity index (χ2v) is 5.10. The van der Waals surface area contributed by atoms with Crippen LogP contribution in [0.5, 0.6) is 0 Å². The number of aryl methyl sites for hydroxylation is 3. The molecule has 17 heavy (non-hydrogen) atoms. The Morgan fingerprint density at radius 2 is 1.65 bits per heavy atom. The summed E-state index contributed by atoms with van der Waals surface area (Å²) < 4.78 is 2.30. The van der Waals surface area contributed by atoms with Gasteiger partial charge in [0, 0.05) is 28.0 Å². The normalized spacial score (nSPS) is 10.8. The molecule has 0 bridgehead atoms. The summed E-state index contributed by atoms with van der Waals surface area (Å²) in [6.07, 6.45) is 0.923. The fourth-order valence-electron chi connectivity index (χ4n) is 2.01. The third-order valence-corrected chi connectivity index (χ3v) is 3.62. The summed E-state index contributed by atoms with van der Waals surface area (Å²) in [7, 11) is 0. The third kappa shape index (κ3) is 2.85. The van der Waals surface area contributed by atoms with E-state index in [1.807, 2.05) is 12.1 Å². The van der Waals surface area contributed by atoms with Crippen LogP contribution in [-0.2, 0) is 13.0 Å². The van der Waals surface area contributed by atoms with Gasteiger partial charge < -0.3 is 4.57 Å². The Hall–Kier alpha value is -0.920. The quantitative estimate of drug-likeness (QED) is 0.763. The summed E-state index contributed by atoms with van der Waals surface area (Å²) in [5.41, 5.74) is 3.71. The van der Waals surface area contributed by atoms with E-state index in [1.165, 1.54) is 11.4 Å². The van der Waals surface area contributed by atoms with Crippen LogP contribution in [-0.4, -0.2) is 4.57 Å². The van der Waals surface area contributed by atoms with Crippen molar-refractivity contribution in [2.45, 2.75) is 26.8 Å². The van der Waals surface area contributed by atoms with Crippen LogP contribution in [0.4, 0.5) is 0 Å². The molecule has 1 nitrogen and oxygen atoms in total. The van der Waals surface area contributed by atoms with E-state index in [-0.39, 0.29) is 0 Å². The van der Waals surface area contributed by atoms with E-state index in [2.05, 4.69) is 30.5 Å². The molecule has 3 heteroatoms. The molecule has 0 N–H and O–H groups in total. The zero-order valence-electron chi connectivity index (χ0n) is 10.0. The van der Waals surface area contributed by atoms with Gasteiger partial charge in [-0.05, 0) is 50.1 Å². The Balaban J connectivity index is 2.13. The molecule has 0 saturated heterocycles. The lowest BCUT2D eigenvalue weighted by Gasteiger charge is -2.10. The van der Waals surface area contributed by atoms with E-state index in [9.17, 15) is 0 Å². The van der Waals surface area contributed by atoms with Gasteiger partial charge in [0.05, 0.1) is 0 Å². The molecule has 0 fully saturated rings. The molecule has 2 aromatic rings. The molecule has 1 aromatic heterocycles. The maximum Gasteiger partial charge on any atom is 0.0453 e. The minimum Gasteiger partial charge on any atom is -0.349 e. The van der Waals surface area contributed by atoms with Crippen molar-refractivity contribution in [1.82, 2.24) is 4.57 Å². The topological polar surface area (TPSA) is 4.93 Å². The molecule has 0 amide bonds. The summed E-state index contributed by atoms with van der Waals surface area (Å²) in [5, 5.41) is 1.44. The minimum atomic E-state index is 0.687. The average Bonchev–Trinajstić information content (AvgIpc) is 2.58. The third-order valence-electron chi connectivity index (χ3n) is 3.04. The molecule has 0 atom stereocenters. The number of halogens is 2. The van der Waals surface area contributed by atoms with Gasteiger partial charge in [-0.1, -0.05) is 29.3 Å². The number of aromatic nitrogens is 1. The van der Waals surface area contributed by atoms with Gasteiger partial charge in [0.15, 0.2) is 0 Å². The summed E-state index contributed by atoms with van der Waals surface area (Å²) in [5.74, 6) is 0. The number of benzene rings is 1. The average molecular weight is 268 g/mol. The highest BCUT2D eigenvalue weighted by Gasteiger charge is 2.04. The Morgan fingerprint density at radius 3 is 2.24 bits per heavy atom. The first-order chi connectivity index (χ1) is 8.08. The van der Waals surface area contributed by atoms with Crippen molar-refractivity contribution in [2.75, 3.05) is 0 Å². The Morgan fingerprint density at radius 1 is 1.00 bits per heavy atom. The van der Waals surface area contributed by atoms with Crippen LogP contribution in [0.1, 0.15) is 17.0 Å². The zero-order valence-corrected chi connectivity index (χ0v) is 11.5. The van der Waals surface area contributed by atoms with Gasteiger partial charge in [0.1, 0.15) is 0 Å². The van der Waals surface area contributed by atoms with Crippen molar-refractivity contribution in [3.63, 3.8) is 0 Å². The van der Waals surface area contributed by atoms with Crippen LogP contribution < -0.4 is 0 Å². The lowest BCUT2D eigenvalue weighted by atomic mass is 10.1. The van der Waals surface area contributed by atoms with E-state index in [4.69, 9.17) is 23.2 Å². The summed E-state index contributed by atoms with van der Waals surface area (Å²) in [4.78, 5) is 0. The fourth-order valence-corrected chi connectivity index (χ4v) is 2.51. The van der Waals surface area contributed by atoms with Crippen molar-refractivity contribution in [1.29, 1.82) is 0 Å². The van der Waals surface area contributed by atoms with Gasteiger partial charge in [-0.15, -0.1) is 0 Å². The van der Waals surface area contributed by atoms with Gasteiger partial charge in [-0.25, -0.2) is 0 Å². The standard InChI is InChI=1S/C14H15Cl2N/c1-10-3-4-11(2)17(10)8-7-12-5-6-13(15)9-14(12)16/h3-6,9H,7-8H2,1-2H3. The predicted octanol–water partition coefficient (Wildman–Crippen LogP) is 4.65. The number of hydrogen-bond donors (Lipinski definition) is 0. The lowest BCUT2D eigenvalue weighted by molar-refractivity contribution is 0.664. The number of hydrogen-bond acceptors (Lipinski definition) is 0. The van der Waals surface area contributed by atoms with E-state index in [0.717, 1.165) is 23.6 Å². The van der Waals surface area contributed by atoms with E-state index in [0.29, 0.717) is 5.02 Å². The van der Waals surface area contributed by atoms with Gasteiger partial charge >= 0.3 is 0 Å². The second kappa shape index (κ2) is 5.16. The molecule has 0 saturated carbocycles. The summed E-state index contributed by atoms with van der Waals surface area (Å²) in [6.45, 7) is 5.19. The molecule has 2 rings (SSSR count). The summed E-state index contributed by atoms with van der Waals surface area (Å²) >= 11 is 12.0. The van der Waals surface area contributed by atoms with E-state index in [1.54, 1.807) is 6.07 Å². The molecule has 90 valence electrons. The van der Waals surface area contributed by atoms with Crippen molar-refractivity contribution >= 4 is 23.2 Å². The van der Waals surface area contributed by atoms with Crippen LogP contribution in [0.2, 0.25) is 10.0 Å². The Kier molecular flexibility index (Phi) is 3.80. The summed E-state index contributed by atoms with van der Waals surface area (Å²) in [6, 6.07) is 9.96. The van der Waals surface area contributed by atoms with Gasteiger partial charge in [0.25, 0.3) is 0 Å². The molecule has 1 aromatic carbocycles. The van der Waals surface area contributed by atoms with Gasteiger partial charge in [-0.2, -0.15) is 0 Å². The van der Waals surface area contributed by atoms with Gasteiger partial charge in [0.2, 0.25) is 0 Å². The highest BCUT2D eigenvalue weighted by Crippen LogP contribution is 2.22. The Labute approximate surface area is 112 Å². The van der Waals surface area contributed by atoms with Crippen LogP contribution >= 0.6 is 23.2 Å². The Bertz CT molecular complexity index is 510. The van der Waals surface area contributed by atoms with Crippen molar-refractivity contribution in [2.24, 2.45) is 0 Å². The maximum absolute atomic E-state index is 6.16. The molecule has 0 aliphatic heterocycles. The van der Waals surface area contributed by atoms with E-state index < -0.39 is 0 Å². The SMILES string of the molecule is Cc1ccc(C)n1CCc1ccc(Cl)cc1Cl. The smallest absolute Gasteiger partial charge is 0.0453 e. The first kappa shape index (κ1) is 12.5. The van der Waals surface area contributed by atoms with Crippen LogP contribution in [0.15, 0.2) is 30.3 Å². The molecule has 0 unspecified atom stereocenters. The van der Waals surface area contributed by atoms with Crippen LogP contribution in [0, 0.1) is 13.8 Å². The van der Waals surface area contributed by atoms with Crippen molar-refractivity contribution in [3.05, 3.63) is 57.3 Å². The molecular weight excluding hydrogens is 253 g/mol. The fraction of sp³-hybridized carbons (Fsp3) is 0.286. The highest BCUT2D eigenvalue weighted by molar-refractivity contribution is 6.35. The van der Waals surface area contributed by atoms with Crippen LogP contribution in [0.25, 0.3) is 0 Å². The predicted molar refractivity (Wildman–Crippen MR) is 74.1 cm³/mol. The number of rotatable bonds is 3. The molecule has 0 aliphatic rings.